The van der Waals surface area contributed by atoms with Crippen molar-refractivity contribution < 1.29 is 0 Å². The lowest BCUT2D eigenvalue weighted by molar-refractivity contribution is 0.890. The first-order valence-electron chi connectivity index (χ1n) is 8.12. The molecule has 0 spiro atoms. The van der Waals surface area contributed by atoms with Gasteiger partial charge in [-0.2, -0.15) is 0 Å². The zero-order valence-electron chi connectivity index (χ0n) is 14.2. The molecule has 0 N–H and O–H groups in total. The molecule has 5 nitrogen and oxygen atoms in total. The van der Waals surface area contributed by atoms with E-state index in [1.54, 1.807) is 23.7 Å². The van der Waals surface area contributed by atoms with E-state index < -0.39 is 0 Å². The highest BCUT2D eigenvalue weighted by molar-refractivity contribution is 7.11. The number of hydrogen-bond acceptors (Lipinski definition) is 6. The number of thiazole rings is 1. The van der Waals surface area contributed by atoms with E-state index in [9.17, 15) is 0 Å². The van der Waals surface area contributed by atoms with Gasteiger partial charge in [-0.15, -0.1) is 11.3 Å². The van der Waals surface area contributed by atoms with Gasteiger partial charge in [0.25, 0.3) is 0 Å². The topological polar surface area (TPSA) is 54.8 Å². The standard InChI is InChI=1S/C18H21N5S/c1-4-14-10-16(22-18(21-14)13-6-8-19-9-7-13)23(3)12-15-11-20-17(5-2)24-15/h6-11H,4-5,12H2,1-3H3. The molecule has 0 aliphatic rings. The van der Waals surface area contributed by atoms with E-state index in [0.29, 0.717) is 0 Å². The minimum absolute atomic E-state index is 0.747. The van der Waals surface area contributed by atoms with Crippen LogP contribution in [0.25, 0.3) is 11.4 Å². The SMILES string of the molecule is CCc1cc(N(C)Cc2cnc(CC)s2)nc(-c2ccncc2)n1. The van der Waals surface area contributed by atoms with Crippen LogP contribution in [0.4, 0.5) is 5.82 Å². The molecular formula is C18H21N5S. The Morgan fingerprint density at radius 2 is 1.88 bits per heavy atom. The van der Waals surface area contributed by atoms with Crippen LogP contribution < -0.4 is 4.90 Å². The molecule has 0 aliphatic carbocycles. The normalized spacial score (nSPS) is 10.8. The van der Waals surface area contributed by atoms with Crippen LogP contribution in [0.15, 0.2) is 36.8 Å². The third-order valence-corrected chi connectivity index (χ3v) is 4.88. The molecule has 3 rings (SSSR count). The molecule has 0 aromatic carbocycles. The lowest BCUT2D eigenvalue weighted by Crippen LogP contribution is -2.18. The predicted octanol–water partition coefficient (Wildman–Crippen LogP) is 3.76. The first-order valence-corrected chi connectivity index (χ1v) is 8.94. The summed E-state index contributed by atoms with van der Waals surface area (Å²) in [6, 6.07) is 5.94. The van der Waals surface area contributed by atoms with Crippen molar-refractivity contribution in [2.75, 3.05) is 11.9 Å². The first-order chi connectivity index (χ1) is 11.7. The summed E-state index contributed by atoms with van der Waals surface area (Å²) in [4.78, 5) is 21.3. The largest absolute Gasteiger partial charge is 0.354 e. The number of anilines is 1. The number of rotatable bonds is 6. The highest BCUT2D eigenvalue weighted by Gasteiger charge is 2.11. The molecule has 6 heteroatoms. The van der Waals surface area contributed by atoms with E-state index in [1.807, 2.05) is 18.3 Å². The van der Waals surface area contributed by atoms with E-state index in [2.05, 4.69) is 46.8 Å². The van der Waals surface area contributed by atoms with Gasteiger partial charge >= 0.3 is 0 Å². The van der Waals surface area contributed by atoms with Gasteiger partial charge in [0.2, 0.25) is 0 Å². The second-order valence-electron chi connectivity index (χ2n) is 5.56. The summed E-state index contributed by atoms with van der Waals surface area (Å²) in [5.41, 5.74) is 2.03. The molecule has 0 radical (unpaired) electrons. The Balaban J connectivity index is 1.88. The molecule has 3 aromatic rings. The summed E-state index contributed by atoms with van der Waals surface area (Å²) in [6.45, 7) is 5.04. The van der Waals surface area contributed by atoms with Gasteiger partial charge in [0.05, 0.1) is 11.6 Å². The number of pyridine rings is 1. The van der Waals surface area contributed by atoms with Gasteiger partial charge in [0.15, 0.2) is 5.82 Å². The van der Waals surface area contributed by atoms with Crippen LogP contribution in [-0.2, 0) is 19.4 Å². The molecule has 0 aliphatic heterocycles. The van der Waals surface area contributed by atoms with Crippen molar-refractivity contribution in [2.45, 2.75) is 33.2 Å². The summed E-state index contributed by atoms with van der Waals surface area (Å²) in [5, 5.41) is 1.17. The lowest BCUT2D eigenvalue weighted by atomic mass is 10.2. The molecule has 0 atom stereocenters. The maximum atomic E-state index is 4.75. The fourth-order valence-electron chi connectivity index (χ4n) is 2.39. The van der Waals surface area contributed by atoms with Gasteiger partial charge in [0, 0.05) is 47.8 Å². The number of hydrogen-bond donors (Lipinski definition) is 0. The maximum absolute atomic E-state index is 4.75. The van der Waals surface area contributed by atoms with Crippen molar-refractivity contribution >= 4 is 17.2 Å². The molecule has 124 valence electrons. The molecule has 3 heterocycles. The van der Waals surface area contributed by atoms with Gasteiger partial charge < -0.3 is 4.90 Å². The third-order valence-electron chi connectivity index (χ3n) is 3.75. The molecule has 0 saturated heterocycles. The van der Waals surface area contributed by atoms with Gasteiger partial charge in [-0.1, -0.05) is 13.8 Å². The van der Waals surface area contributed by atoms with Crippen LogP contribution in [0.3, 0.4) is 0 Å². The fraction of sp³-hybridized carbons (Fsp3) is 0.333. The van der Waals surface area contributed by atoms with Crippen LogP contribution in [0.5, 0.6) is 0 Å². The maximum Gasteiger partial charge on any atom is 0.161 e. The van der Waals surface area contributed by atoms with Gasteiger partial charge in [-0.25, -0.2) is 15.0 Å². The van der Waals surface area contributed by atoms with Crippen molar-refractivity contribution in [3.63, 3.8) is 0 Å². The zero-order valence-corrected chi connectivity index (χ0v) is 15.0. The van der Waals surface area contributed by atoms with E-state index in [-0.39, 0.29) is 0 Å². The Morgan fingerprint density at radius 1 is 1.08 bits per heavy atom. The summed E-state index contributed by atoms with van der Waals surface area (Å²) in [7, 11) is 2.06. The smallest absolute Gasteiger partial charge is 0.161 e. The molecule has 0 saturated carbocycles. The summed E-state index contributed by atoms with van der Waals surface area (Å²) < 4.78 is 0. The van der Waals surface area contributed by atoms with Crippen LogP contribution >= 0.6 is 11.3 Å². The third kappa shape index (κ3) is 3.76. The van der Waals surface area contributed by atoms with E-state index in [0.717, 1.165) is 42.3 Å². The minimum atomic E-state index is 0.747. The second kappa shape index (κ2) is 7.49. The summed E-state index contributed by atoms with van der Waals surface area (Å²) in [6.07, 6.45) is 7.36. The Morgan fingerprint density at radius 3 is 2.54 bits per heavy atom. The summed E-state index contributed by atoms with van der Waals surface area (Å²) >= 11 is 1.76. The Kier molecular flexibility index (Phi) is 5.15. The number of aromatic nitrogens is 4. The zero-order chi connectivity index (χ0) is 16.9. The molecule has 24 heavy (non-hydrogen) atoms. The molecule has 0 unspecified atom stereocenters. The van der Waals surface area contributed by atoms with Gasteiger partial charge in [-0.05, 0) is 25.0 Å². The van der Waals surface area contributed by atoms with E-state index in [4.69, 9.17) is 4.98 Å². The highest BCUT2D eigenvalue weighted by atomic mass is 32.1. The highest BCUT2D eigenvalue weighted by Crippen LogP contribution is 2.22. The minimum Gasteiger partial charge on any atom is -0.354 e. The van der Waals surface area contributed by atoms with Crippen molar-refractivity contribution in [1.29, 1.82) is 0 Å². The average Bonchev–Trinajstić information content (AvgIpc) is 3.09. The van der Waals surface area contributed by atoms with Crippen molar-refractivity contribution in [3.05, 3.63) is 52.4 Å². The molecule has 0 bridgehead atoms. The number of nitrogens with zero attached hydrogens (tertiary/aromatic N) is 5. The van der Waals surface area contributed by atoms with Crippen LogP contribution in [-0.4, -0.2) is 27.0 Å². The molecular weight excluding hydrogens is 318 g/mol. The van der Waals surface area contributed by atoms with Crippen molar-refractivity contribution in [1.82, 2.24) is 19.9 Å². The van der Waals surface area contributed by atoms with Gasteiger partial charge in [-0.3, -0.25) is 4.98 Å². The summed E-state index contributed by atoms with van der Waals surface area (Å²) in [5.74, 6) is 1.68. The van der Waals surface area contributed by atoms with Crippen LogP contribution in [0, 0.1) is 0 Å². The van der Waals surface area contributed by atoms with Crippen LogP contribution in [0.1, 0.15) is 29.4 Å². The van der Waals surface area contributed by atoms with Crippen molar-refractivity contribution in [3.8, 4) is 11.4 Å². The fourth-order valence-corrected chi connectivity index (χ4v) is 3.31. The lowest BCUT2D eigenvalue weighted by Gasteiger charge is -2.18. The van der Waals surface area contributed by atoms with Crippen molar-refractivity contribution in [2.24, 2.45) is 0 Å². The molecule has 3 aromatic heterocycles. The predicted molar refractivity (Wildman–Crippen MR) is 98.2 cm³/mol. The molecule has 0 amide bonds. The Hall–Kier alpha value is -2.34. The van der Waals surface area contributed by atoms with Gasteiger partial charge in [0.1, 0.15) is 5.82 Å². The monoisotopic (exact) mass is 339 g/mol. The first kappa shape index (κ1) is 16.5. The Bertz CT molecular complexity index is 800. The second-order valence-corrected chi connectivity index (χ2v) is 6.76. The average molecular weight is 339 g/mol. The van der Waals surface area contributed by atoms with E-state index >= 15 is 0 Å². The van der Waals surface area contributed by atoms with E-state index in [1.165, 1.54) is 9.88 Å². The Labute approximate surface area is 146 Å². The number of aryl methyl sites for hydroxylation is 2. The van der Waals surface area contributed by atoms with Crippen LogP contribution in [0.2, 0.25) is 0 Å². The quantitative estimate of drug-likeness (QED) is 0.684. The molecule has 0 fully saturated rings.